The number of carbonyl (C=O) groups excluding carboxylic acids is 3. The van der Waals surface area contributed by atoms with Crippen LogP contribution in [0.3, 0.4) is 0 Å². The summed E-state index contributed by atoms with van der Waals surface area (Å²) < 4.78 is 0. The zero-order valence-corrected chi connectivity index (χ0v) is 22.2. The predicted molar refractivity (Wildman–Crippen MR) is 150 cm³/mol. The van der Waals surface area contributed by atoms with Crippen molar-refractivity contribution >= 4 is 51.6 Å². The van der Waals surface area contributed by atoms with Crippen LogP contribution in [0.4, 0.5) is 17.1 Å². The summed E-state index contributed by atoms with van der Waals surface area (Å²) in [7, 11) is 0. The summed E-state index contributed by atoms with van der Waals surface area (Å²) in [5, 5.41) is 8.33. The van der Waals surface area contributed by atoms with Crippen molar-refractivity contribution in [1.82, 2.24) is 5.32 Å². The van der Waals surface area contributed by atoms with Crippen molar-refractivity contribution in [3.05, 3.63) is 64.9 Å². The molecular formula is C28H33N5O3S. The topological polar surface area (TPSA) is 126 Å². The van der Waals surface area contributed by atoms with Crippen molar-refractivity contribution in [3.8, 4) is 0 Å². The molecule has 1 aliphatic carbocycles. The number of hydrogen-bond donors (Lipinski definition) is 4. The third-order valence-corrected chi connectivity index (χ3v) is 7.70. The number of carbonyl (C=O) groups is 3. The molecule has 1 atom stereocenters. The van der Waals surface area contributed by atoms with Gasteiger partial charge in [-0.15, -0.1) is 0 Å². The molecule has 1 aliphatic heterocycles. The Balaban J connectivity index is 1.60. The average Bonchev–Trinajstić information content (AvgIpc) is 3.18. The number of benzene rings is 2. The van der Waals surface area contributed by atoms with E-state index in [1.165, 1.54) is 25.1 Å². The molecule has 1 heterocycles. The summed E-state index contributed by atoms with van der Waals surface area (Å²) in [5.41, 5.74) is 10.9. The lowest BCUT2D eigenvalue weighted by atomic mass is 9.95. The summed E-state index contributed by atoms with van der Waals surface area (Å²) in [4.78, 5) is 42.7. The van der Waals surface area contributed by atoms with E-state index in [0.29, 0.717) is 16.4 Å². The minimum absolute atomic E-state index is 0.100. The molecule has 0 spiro atoms. The quantitative estimate of drug-likeness (QED) is 0.440. The Morgan fingerprint density at radius 3 is 2.24 bits per heavy atom. The Hall–Kier alpha value is -3.59. The van der Waals surface area contributed by atoms with Crippen molar-refractivity contribution in [2.24, 2.45) is 10.7 Å². The van der Waals surface area contributed by atoms with Crippen molar-refractivity contribution in [3.63, 3.8) is 0 Å². The number of nitrogens with zero attached hydrogens (tertiary/aromatic N) is 1. The molecule has 1 saturated carbocycles. The fraction of sp³-hybridized carbons (Fsp3) is 0.357. The highest BCUT2D eigenvalue weighted by molar-refractivity contribution is 8.16. The summed E-state index contributed by atoms with van der Waals surface area (Å²) in [6, 6.07) is 12.9. The largest absolute Gasteiger partial charge is 0.400 e. The van der Waals surface area contributed by atoms with Crippen LogP contribution in [0.25, 0.3) is 0 Å². The van der Waals surface area contributed by atoms with Crippen LogP contribution in [0.15, 0.2) is 58.7 Å². The molecule has 8 nitrogen and oxygen atoms in total. The maximum Gasteiger partial charge on any atom is 0.256 e. The second-order valence-corrected chi connectivity index (χ2v) is 10.7. The maximum absolute atomic E-state index is 13.4. The van der Waals surface area contributed by atoms with Crippen LogP contribution in [-0.2, 0) is 14.4 Å². The van der Waals surface area contributed by atoms with Crippen LogP contribution in [0.5, 0.6) is 0 Å². The molecule has 0 radical (unpaired) electrons. The molecule has 37 heavy (non-hydrogen) atoms. The second kappa shape index (κ2) is 11.6. The van der Waals surface area contributed by atoms with E-state index in [0.717, 1.165) is 42.5 Å². The first-order chi connectivity index (χ1) is 17.7. The van der Waals surface area contributed by atoms with E-state index in [4.69, 9.17) is 10.7 Å². The maximum atomic E-state index is 13.4. The second-order valence-electron chi connectivity index (χ2n) is 9.59. The Bertz CT molecular complexity index is 1260. The highest BCUT2D eigenvalue weighted by Crippen LogP contribution is 2.36. The van der Waals surface area contributed by atoms with Crippen molar-refractivity contribution in [2.75, 3.05) is 10.6 Å². The average molecular weight is 520 g/mol. The van der Waals surface area contributed by atoms with Crippen molar-refractivity contribution < 1.29 is 14.4 Å². The van der Waals surface area contributed by atoms with E-state index in [9.17, 15) is 14.4 Å². The number of amides is 3. The molecule has 2 aliphatic rings. The number of rotatable bonds is 6. The molecule has 0 unspecified atom stereocenters. The smallest absolute Gasteiger partial charge is 0.256 e. The monoisotopic (exact) mass is 519 g/mol. The zero-order chi connectivity index (χ0) is 26.5. The molecule has 2 aromatic rings. The van der Waals surface area contributed by atoms with Crippen LogP contribution >= 0.6 is 11.8 Å². The van der Waals surface area contributed by atoms with Gasteiger partial charge in [-0.05, 0) is 68.1 Å². The van der Waals surface area contributed by atoms with Gasteiger partial charge >= 0.3 is 0 Å². The van der Waals surface area contributed by atoms with Gasteiger partial charge in [-0.25, -0.2) is 4.99 Å². The van der Waals surface area contributed by atoms with E-state index >= 15 is 0 Å². The van der Waals surface area contributed by atoms with Crippen LogP contribution in [0.1, 0.15) is 50.2 Å². The molecule has 2 aromatic carbocycles. The molecule has 0 aromatic heterocycles. The molecule has 4 rings (SSSR count). The molecule has 1 fully saturated rings. The van der Waals surface area contributed by atoms with Gasteiger partial charge in [0.15, 0.2) is 0 Å². The van der Waals surface area contributed by atoms with E-state index < -0.39 is 5.25 Å². The molecular weight excluding hydrogens is 486 g/mol. The minimum Gasteiger partial charge on any atom is -0.400 e. The lowest BCUT2D eigenvalue weighted by molar-refractivity contribution is -0.118. The summed E-state index contributed by atoms with van der Waals surface area (Å²) in [6.07, 6.45) is 5.23. The lowest BCUT2D eigenvalue weighted by Gasteiger charge is -2.23. The van der Waals surface area contributed by atoms with E-state index in [1.54, 1.807) is 24.3 Å². The van der Waals surface area contributed by atoms with E-state index in [2.05, 4.69) is 16.0 Å². The first kappa shape index (κ1) is 26.5. The van der Waals surface area contributed by atoms with Crippen LogP contribution in [0.2, 0.25) is 0 Å². The fourth-order valence-corrected chi connectivity index (χ4v) is 5.61. The standard InChI is InChI=1S/C28H33N5O3S/c1-16-9-10-17(2)22(15-16)33-28-23(26(35)31-19-7-5-4-6-8-19)24(29)25(37-28)27(36)32-21-13-11-20(12-14-21)30-18(3)34/h9-15,19,25H,4-8,29H2,1-3H3,(H,30,34)(H,31,35)(H,32,36)/t25-/m1/s1. The van der Waals surface area contributed by atoms with Gasteiger partial charge in [0.25, 0.3) is 5.91 Å². The molecule has 0 bridgehead atoms. The normalized spacial score (nSPS) is 19.1. The van der Waals surface area contributed by atoms with Gasteiger partial charge in [-0.2, -0.15) is 0 Å². The third kappa shape index (κ3) is 6.60. The molecule has 9 heteroatoms. The van der Waals surface area contributed by atoms with Gasteiger partial charge < -0.3 is 21.7 Å². The van der Waals surface area contributed by atoms with E-state index in [1.807, 2.05) is 32.0 Å². The lowest BCUT2D eigenvalue weighted by Crippen LogP contribution is -2.38. The van der Waals surface area contributed by atoms with Gasteiger partial charge in [0.05, 0.1) is 11.3 Å². The first-order valence-corrected chi connectivity index (χ1v) is 13.4. The highest BCUT2D eigenvalue weighted by atomic mass is 32.2. The number of aliphatic imine (C=N–C) groups is 1. The Morgan fingerprint density at radius 2 is 1.59 bits per heavy atom. The fourth-order valence-electron chi connectivity index (χ4n) is 4.50. The number of hydrogen-bond acceptors (Lipinski definition) is 6. The molecule has 5 N–H and O–H groups in total. The van der Waals surface area contributed by atoms with Crippen LogP contribution in [-0.4, -0.2) is 34.1 Å². The predicted octanol–water partition coefficient (Wildman–Crippen LogP) is 4.71. The van der Waals surface area contributed by atoms with Gasteiger partial charge in [-0.1, -0.05) is 43.2 Å². The third-order valence-electron chi connectivity index (χ3n) is 6.48. The van der Waals surface area contributed by atoms with Crippen LogP contribution < -0.4 is 21.7 Å². The van der Waals surface area contributed by atoms with Crippen LogP contribution in [0, 0.1) is 13.8 Å². The number of aryl methyl sites for hydroxylation is 2. The minimum atomic E-state index is -0.800. The SMILES string of the molecule is CC(=O)Nc1ccc(NC(=O)[C@@H]2SC(=Nc3cc(C)ccc3C)C(C(=O)NC3CCCCC3)=C2N)cc1. The van der Waals surface area contributed by atoms with Gasteiger partial charge in [0.1, 0.15) is 10.3 Å². The molecule has 194 valence electrons. The first-order valence-electron chi connectivity index (χ1n) is 12.5. The zero-order valence-electron chi connectivity index (χ0n) is 21.4. The van der Waals surface area contributed by atoms with E-state index in [-0.39, 0.29) is 35.0 Å². The van der Waals surface area contributed by atoms with Gasteiger partial charge in [-0.3, -0.25) is 14.4 Å². The Morgan fingerprint density at radius 1 is 0.946 bits per heavy atom. The number of nitrogens with two attached hydrogens (primary N) is 1. The molecule has 0 saturated heterocycles. The van der Waals surface area contributed by atoms with Crippen molar-refractivity contribution in [2.45, 2.75) is 64.2 Å². The highest BCUT2D eigenvalue weighted by Gasteiger charge is 2.39. The number of thioether (sulfide) groups is 1. The van der Waals surface area contributed by atoms with Crippen molar-refractivity contribution in [1.29, 1.82) is 0 Å². The van der Waals surface area contributed by atoms with Gasteiger partial charge in [0, 0.05) is 30.0 Å². The summed E-state index contributed by atoms with van der Waals surface area (Å²) in [5.74, 6) is -0.799. The summed E-state index contributed by atoms with van der Waals surface area (Å²) >= 11 is 1.19. The Kier molecular flexibility index (Phi) is 8.33. The summed E-state index contributed by atoms with van der Waals surface area (Å²) in [6.45, 7) is 5.38. The van der Waals surface area contributed by atoms with Gasteiger partial charge in [0.2, 0.25) is 11.8 Å². The molecule has 3 amide bonds. The number of anilines is 2. The Labute approximate surface area is 221 Å². The number of nitrogens with one attached hydrogen (secondary N) is 3.